The van der Waals surface area contributed by atoms with E-state index in [2.05, 4.69) is 10.4 Å². The van der Waals surface area contributed by atoms with Crippen molar-refractivity contribution >= 4 is 40.7 Å². The zero-order valence-electron chi connectivity index (χ0n) is 17.4. The summed E-state index contributed by atoms with van der Waals surface area (Å²) < 4.78 is 1.24. The largest absolute Gasteiger partial charge is 0.328 e. The molecule has 0 radical (unpaired) electrons. The van der Waals surface area contributed by atoms with Crippen molar-refractivity contribution in [1.82, 2.24) is 14.7 Å². The van der Waals surface area contributed by atoms with Crippen LogP contribution >= 0.6 is 23.2 Å². The van der Waals surface area contributed by atoms with E-state index in [9.17, 15) is 14.4 Å². The number of hydrogen-bond acceptors (Lipinski definition) is 4. The summed E-state index contributed by atoms with van der Waals surface area (Å²) in [5, 5.41) is 7.67. The normalized spacial score (nSPS) is 10.6. The SMILES string of the molecule is CCCN(CC(=O)Nc1ccc(Cl)cc1Cl)C(=O)c1ccc(=O)n(Cc2ccccc2)n1. The molecule has 0 bridgehead atoms. The summed E-state index contributed by atoms with van der Waals surface area (Å²) in [6.07, 6.45) is 0.643. The second kappa shape index (κ2) is 10.9. The molecule has 9 heteroatoms. The molecule has 7 nitrogen and oxygen atoms in total. The molecule has 0 aliphatic rings. The highest BCUT2D eigenvalue weighted by molar-refractivity contribution is 6.36. The van der Waals surface area contributed by atoms with E-state index >= 15 is 0 Å². The maximum Gasteiger partial charge on any atom is 0.274 e. The van der Waals surface area contributed by atoms with Crippen molar-refractivity contribution in [2.24, 2.45) is 0 Å². The van der Waals surface area contributed by atoms with Crippen molar-refractivity contribution in [3.8, 4) is 0 Å². The summed E-state index contributed by atoms with van der Waals surface area (Å²) in [7, 11) is 0. The molecule has 0 aliphatic carbocycles. The molecule has 0 saturated carbocycles. The summed E-state index contributed by atoms with van der Waals surface area (Å²) in [5.41, 5.74) is 1.06. The first-order chi connectivity index (χ1) is 15.4. The zero-order valence-corrected chi connectivity index (χ0v) is 18.9. The third-order valence-electron chi connectivity index (χ3n) is 4.58. The molecule has 0 aliphatic heterocycles. The van der Waals surface area contributed by atoms with Crippen LogP contribution in [0.2, 0.25) is 10.0 Å². The predicted octanol–water partition coefficient (Wildman–Crippen LogP) is 4.09. The molecule has 0 saturated heterocycles. The average molecular weight is 473 g/mol. The van der Waals surface area contributed by atoms with Crippen molar-refractivity contribution in [1.29, 1.82) is 0 Å². The van der Waals surface area contributed by atoms with E-state index < -0.39 is 11.8 Å². The summed E-state index contributed by atoms with van der Waals surface area (Å²) in [4.78, 5) is 39.2. The number of nitrogens with one attached hydrogen (secondary N) is 1. The molecule has 3 rings (SSSR count). The molecular formula is C23H22Cl2N4O3. The summed E-state index contributed by atoms with van der Waals surface area (Å²) in [6.45, 7) is 2.30. The van der Waals surface area contributed by atoms with Gasteiger partial charge in [0.2, 0.25) is 5.91 Å². The van der Waals surface area contributed by atoms with Crippen molar-refractivity contribution < 1.29 is 9.59 Å². The lowest BCUT2D eigenvalue weighted by Crippen LogP contribution is -2.39. The number of carbonyl (C=O) groups is 2. The van der Waals surface area contributed by atoms with Gasteiger partial charge in [-0.3, -0.25) is 14.4 Å². The average Bonchev–Trinajstić information content (AvgIpc) is 2.77. The lowest BCUT2D eigenvalue weighted by atomic mass is 10.2. The Morgan fingerprint density at radius 1 is 1.06 bits per heavy atom. The number of anilines is 1. The maximum absolute atomic E-state index is 13.1. The third kappa shape index (κ3) is 6.18. The van der Waals surface area contributed by atoms with E-state index in [1.807, 2.05) is 37.3 Å². The minimum absolute atomic E-state index is 0.0892. The van der Waals surface area contributed by atoms with Gasteiger partial charge < -0.3 is 10.2 Å². The second-order valence-electron chi connectivity index (χ2n) is 7.10. The van der Waals surface area contributed by atoms with E-state index in [0.29, 0.717) is 28.7 Å². The van der Waals surface area contributed by atoms with Gasteiger partial charge in [-0.2, -0.15) is 5.10 Å². The lowest BCUT2D eigenvalue weighted by molar-refractivity contribution is -0.116. The van der Waals surface area contributed by atoms with Gasteiger partial charge in [0.15, 0.2) is 0 Å². The smallest absolute Gasteiger partial charge is 0.274 e. The van der Waals surface area contributed by atoms with Crippen LogP contribution in [0.15, 0.2) is 65.5 Å². The molecule has 0 fully saturated rings. The fraction of sp³-hybridized carbons (Fsp3) is 0.217. The lowest BCUT2D eigenvalue weighted by Gasteiger charge is -2.21. The Hall–Kier alpha value is -3.16. The number of hydrogen-bond donors (Lipinski definition) is 1. The van der Waals surface area contributed by atoms with Crippen LogP contribution in [0.5, 0.6) is 0 Å². The Kier molecular flexibility index (Phi) is 8.03. The van der Waals surface area contributed by atoms with Crippen LogP contribution in [0.25, 0.3) is 0 Å². The Bertz CT molecular complexity index is 1170. The minimum atomic E-state index is -0.439. The van der Waals surface area contributed by atoms with E-state index in [1.54, 1.807) is 12.1 Å². The fourth-order valence-electron chi connectivity index (χ4n) is 3.07. The van der Waals surface area contributed by atoms with Crippen molar-refractivity contribution in [2.45, 2.75) is 19.9 Å². The first-order valence-corrected chi connectivity index (χ1v) is 10.8. The monoisotopic (exact) mass is 472 g/mol. The van der Waals surface area contributed by atoms with Gasteiger partial charge in [-0.1, -0.05) is 60.5 Å². The zero-order chi connectivity index (χ0) is 23.1. The number of carbonyl (C=O) groups excluding carboxylic acids is 2. The summed E-state index contributed by atoms with van der Waals surface area (Å²) in [5.74, 6) is -0.848. The van der Waals surface area contributed by atoms with Gasteiger partial charge in [0.1, 0.15) is 12.2 Å². The van der Waals surface area contributed by atoms with E-state index in [1.165, 1.54) is 27.8 Å². The van der Waals surface area contributed by atoms with Crippen LogP contribution < -0.4 is 10.9 Å². The Balaban J connectivity index is 1.76. The first kappa shape index (κ1) is 23.5. The van der Waals surface area contributed by atoms with Gasteiger partial charge in [0.05, 0.1) is 17.3 Å². The van der Waals surface area contributed by atoms with Crippen LogP contribution in [-0.2, 0) is 11.3 Å². The molecule has 2 aromatic carbocycles. The highest BCUT2D eigenvalue weighted by Gasteiger charge is 2.21. The predicted molar refractivity (Wildman–Crippen MR) is 125 cm³/mol. The highest BCUT2D eigenvalue weighted by atomic mass is 35.5. The van der Waals surface area contributed by atoms with E-state index in [0.717, 1.165) is 5.56 Å². The Labute approximate surface area is 195 Å². The number of benzene rings is 2. The molecule has 166 valence electrons. The van der Waals surface area contributed by atoms with Gasteiger partial charge in [-0.25, -0.2) is 4.68 Å². The van der Waals surface area contributed by atoms with Gasteiger partial charge >= 0.3 is 0 Å². The molecule has 1 heterocycles. The van der Waals surface area contributed by atoms with Crippen molar-refractivity contribution in [3.63, 3.8) is 0 Å². The molecule has 32 heavy (non-hydrogen) atoms. The molecule has 3 aromatic rings. The second-order valence-corrected chi connectivity index (χ2v) is 7.94. The van der Waals surface area contributed by atoms with Gasteiger partial charge in [0.25, 0.3) is 11.5 Å². The standard InChI is InChI=1S/C23H22Cl2N4O3/c1-2-12-28(15-21(30)26-19-9-8-17(24)13-18(19)25)23(32)20-10-11-22(31)29(27-20)14-16-6-4-3-5-7-16/h3-11,13H,2,12,14-15H2,1H3,(H,26,30). The molecule has 0 spiro atoms. The number of aromatic nitrogens is 2. The molecule has 0 unspecified atom stereocenters. The first-order valence-electron chi connectivity index (χ1n) is 10.0. The number of rotatable bonds is 8. The summed E-state index contributed by atoms with van der Waals surface area (Å²) >= 11 is 12.0. The van der Waals surface area contributed by atoms with Crippen LogP contribution in [-0.4, -0.2) is 39.6 Å². The maximum atomic E-state index is 13.1. The molecule has 0 atom stereocenters. The van der Waals surface area contributed by atoms with Gasteiger partial charge in [-0.05, 0) is 36.2 Å². The van der Waals surface area contributed by atoms with Crippen LogP contribution in [0.4, 0.5) is 5.69 Å². The van der Waals surface area contributed by atoms with Crippen LogP contribution in [0.1, 0.15) is 29.4 Å². The topological polar surface area (TPSA) is 84.3 Å². The Morgan fingerprint density at radius 2 is 1.81 bits per heavy atom. The molecule has 2 amide bonds. The minimum Gasteiger partial charge on any atom is -0.328 e. The van der Waals surface area contributed by atoms with Crippen molar-refractivity contribution in [2.75, 3.05) is 18.4 Å². The molecule has 1 N–H and O–H groups in total. The van der Waals surface area contributed by atoms with E-state index in [4.69, 9.17) is 23.2 Å². The number of halogens is 2. The van der Waals surface area contributed by atoms with Crippen molar-refractivity contribution in [3.05, 3.63) is 92.3 Å². The molecule has 1 aromatic heterocycles. The van der Waals surface area contributed by atoms with Crippen LogP contribution in [0.3, 0.4) is 0 Å². The fourth-order valence-corrected chi connectivity index (χ4v) is 3.53. The number of amides is 2. The third-order valence-corrected chi connectivity index (χ3v) is 5.13. The quantitative estimate of drug-likeness (QED) is 0.534. The van der Waals surface area contributed by atoms with Gasteiger partial charge in [-0.15, -0.1) is 0 Å². The summed E-state index contributed by atoms with van der Waals surface area (Å²) in [6, 6.07) is 16.8. The highest BCUT2D eigenvalue weighted by Crippen LogP contribution is 2.25. The Morgan fingerprint density at radius 3 is 2.50 bits per heavy atom. The van der Waals surface area contributed by atoms with Gasteiger partial charge in [0, 0.05) is 17.6 Å². The van der Waals surface area contributed by atoms with Crippen LogP contribution in [0, 0.1) is 0 Å². The number of nitrogens with zero attached hydrogens (tertiary/aromatic N) is 3. The molecular weight excluding hydrogens is 451 g/mol. The van der Waals surface area contributed by atoms with E-state index in [-0.39, 0.29) is 24.3 Å².